The fraction of sp³-hybridized carbons (Fsp3) is 0.600. The second kappa shape index (κ2) is 6.13. The van der Waals surface area contributed by atoms with Gasteiger partial charge < -0.3 is 14.6 Å². The van der Waals surface area contributed by atoms with Gasteiger partial charge in [0.05, 0.1) is 12.2 Å². The van der Waals surface area contributed by atoms with Crippen molar-refractivity contribution in [3.05, 3.63) is 23.8 Å². The zero-order valence-corrected chi connectivity index (χ0v) is 12.8. The highest BCUT2D eigenvalue weighted by Crippen LogP contribution is 2.41. The molecule has 3 nitrogen and oxygen atoms in total. The maximum absolute atomic E-state index is 12.9. The van der Waals surface area contributed by atoms with Crippen LogP contribution in [0.25, 0.3) is 0 Å². The van der Waals surface area contributed by atoms with E-state index < -0.39 is 11.8 Å². The lowest BCUT2D eigenvalue weighted by atomic mass is 9.95. The average molecular weight is 306 g/mol. The molecule has 0 spiro atoms. The molecule has 1 aromatic rings. The van der Waals surface area contributed by atoms with Crippen molar-refractivity contribution in [3.8, 4) is 11.5 Å². The van der Waals surface area contributed by atoms with Crippen molar-refractivity contribution in [1.82, 2.24) is 0 Å². The summed E-state index contributed by atoms with van der Waals surface area (Å²) in [6, 6.07) is 3.75. The molecule has 0 amide bonds. The zero-order chi connectivity index (χ0) is 16.4. The van der Waals surface area contributed by atoms with E-state index in [1.807, 2.05) is 0 Å². The topological polar surface area (TPSA) is 38.7 Å². The minimum atomic E-state index is -4.78. The van der Waals surface area contributed by atoms with E-state index in [4.69, 9.17) is 9.47 Å². The molecule has 0 aromatic heterocycles. The first-order valence-corrected chi connectivity index (χ1v) is 6.72. The van der Waals surface area contributed by atoms with Crippen molar-refractivity contribution in [2.75, 3.05) is 0 Å². The van der Waals surface area contributed by atoms with Crippen LogP contribution in [0.5, 0.6) is 11.5 Å². The van der Waals surface area contributed by atoms with Gasteiger partial charge in [0.1, 0.15) is 0 Å². The molecule has 0 aliphatic heterocycles. The van der Waals surface area contributed by atoms with Crippen LogP contribution in [-0.4, -0.2) is 23.5 Å². The van der Waals surface area contributed by atoms with Crippen LogP contribution in [0.15, 0.2) is 18.2 Å². The Hall–Kier alpha value is -1.43. The summed E-state index contributed by atoms with van der Waals surface area (Å²) in [5.74, 6) is 0.529. The molecule has 0 aliphatic rings. The van der Waals surface area contributed by atoms with Gasteiger partial charge in [0.15, 0.2) is 17.1 Å². The first kappa shape index (κ1) is 17.6. The van der Waals surface area contributed by atoms with Gasteiger partial charge in [0, 0.05) is 0 Å². The van der Waals surface area contributed by atoms with Crippen LogP contribution in [0.2, 0.25) is 0 Å². The lowest BCUT2D eigenvalue weighted by molar-refractivity contribution is -0.258. The summed E-state index contributed by atoms with van der Waals surface area (Å²) in [5, 5.41) is 9.73. The van der Waals surface area contributed by atoms with Gasteiger partial charge in [-0.3, -0.25) is 0 Å². The molecule has 0 radical (unpaired) electrons. The van der Waals surface area contributed by atoms with Gasteiger partial charge in [-0.25, -0.2) is 0 Å². The van der Waals surface area contributed by atoms with E-state index in [1.54, 1.807) is 27.7 Å². The monoisotopic (exact) mass is 306 g/mol. The maximum Gasteiger partial charge on any atom is 0.421 e. The Morgan fingerprint density at radius 3 is 1.86 bits per heavy atom. The highest BCUT2D eigenvalue weighted by Gasteiger charge is 2.51. The number of hydrogen-bond acceptors (Lipinski definition) is 3. The second-order valence-electron chi connectivity index (χ2n) is 5.56. The van der Waals surface area contributed by atoms with Gasteiger partial charge in [-0.1, -0.05) is 6.07 Å². The van der Waals surface area contributed by atoms with Crippen LogP contribution < -0.4 is 9.47 Å². The van der Waals surface area contributed by atoms with Gasteiger partial charge in [-0.15, -0.1) is 0 Å². The number of aliphatic hydroxyl groups is 1. The Bertz CT molecular complexity index is 480. The van der Waals surface area contributed by atoms with Crippen molar-refractivity contribution in [3.63, 3.8) is 0 Å². The van der Waals surface area contributed by atoms with Crippen molar-refractivity contribution in [2.45, 2.75) is 58.6 Å². The fourth-order valence-corrected chi connectivity index (χ4v) is 1.67. The van der Waals surface area contributed by atoms with E-state index in [9.17, 15) is 18.3 Å². The fourth-order valence-electron chi connectivity index (χ4n) is 1.67. The second-order valence-corrected chi connectivity index (χ2v) is 5.56. The van der Waals surface area contributed by atoms with Gasteiger partial charge >= 0.3 is 6.18 Å². The van der Waals surface area contributed by atoms with Crippen molar-refractivity contribution >= 4 is 0 Å². The van der Waals surface area contributed by atoms with Crippen LogP contribution in [0, 0.1) is 0 Å². The standard InChI is InChI=1S/C15H21F3O3/c1-9(2)20-12-7-6-11(8-13(12)21-10(3)4)14(5,19)15(16,17)18/h6-10,19H,1-5H3. The minimum absolute atomic E-state index is 0.145. The summed E-state index contributed by atoms with van der Waals surface area (Å²) >= 11 is 0. The number of halogens is 3. The molecular formula is C15H21F3O3. The molecule has 6 heteroatoms. The van der Waals surface area contributed by atoms with Crippen LogP contribution in [0.3, 0.4) is 0 Å². The minimum Gasteiger partial charge on any atom is -0.487 e. The molecule has 1 unspecified atom stereocenters. The molecule has 0 bridgehead atoms. The summed E-state index contributed by atoms with van der Waals surface area (Å²) in [6.45, 7) is 7.84. The van der Waals surface area contributed by atoms with Crippen molar-refractivity contribution in [1.29, 1.82) is 0 Å². The molecule has 1 aromatic carbocycles. The highest BCUT2D eigenvalue weighted by atomic mass is 19.4. The highest BCUT2D eigenvalue weighted by molar-refractivity contribution is 5.45. The van der Waals surface area contributed by atoms with E-state index >= 15 is 0 Å². The number of hydrogen-bond donors (Lipinski definition) is 1. The maximum atomic E-state index is 12.9. The average Bonchev–Trinajstić information content (AvgIpc) is 2.28. The number of rotatable bonds is 5. The molecule has 0 saturated heterocycles. The van der Waals surface area contributed by atoms with Crippen LogP contribution in [-0.2, 0) is 5.60 Å². The molecule has 21 heavy (non-hydrogen) atoms. The van der Waals surface area contributed by atoms with Crippen molar-refractivity contribution in [2.24, 2.45) is 0 Å². The molecule has 1 rings (SSSR count). The van der Waals surface area contributed by atoms with E-state index in [1.165, 1.54) is 18.2 Å². The third-order valence-corrected chi connectivity index (χ3v) is 2.78. The van der Waals surface area contributed by atoms with E-state index in [0.717, 1.165) is 0 Å². The molecular weight excluding hydrogens is 285 g/mol. The molecule has 0 heterocycles. The smallest absolute Gasteiger partial charge is 0.421 e. The quantitative estimate of drug-likeness (QED) is 0.892. The van der Waals surface area contributed by atoms with Crippen LogP contribution in [0.4, 0.5) is 13.2 Å². The Morgan fingerprint density at radius 1 is 0.952 bits per heavy atom. The number of benzene rings is 1. The first-order chi connectivity index (χ1) is 9.45. The largest absolute Gasteiger partial charge is 0.487 e. The SMILES string of the molecule is CC(C)Oc1ccc(C(C)(O)C(F)(F)F)cc1OC(C)C. The summed E-state index contributed by atoms with van der Waals surface area (Å²) in [7, 11) is 0. The molecule has 1 N–H and O–H groups in total. The predicted octanol–water partition coefficient (Wildman–Crippen LogP) is 4.03. The van der Waals surface area contributed by atoms with Crippen LogP contribution >= 0.6 is 0 Å². The lowest BCUT2D eigenvalue weighted by Crippen LogP contribution is -2.39. The Morgan fingerprint density at radius 2 is 1.43 bits per heavy atom. The molecule has 120 valence electrons. The molecule has 1 atom stereocenters. The Kier molecular flexibility index (Phi) is 5.15. The van der Waals surface area contributed by atoms with Gasteiger partial charge in [0.2, 0.25) is 0 Å². The van der Waals surface area contributed by atoms with Gasteiger partial charge in [-0.2, -0.15) is 13.2 Å². The van der Waals surface area contributed by atoms with Crippen molar-refractivity contribution < 1.29 is 27.8 Å². The number of alkyl halides is 3. The van der Waals surface area contributed by atoms with E-state index in [2.05, 4.69) is 0 Å². The summed E-state index contributed by atoms with van der Waals surface area (Å²) in [4.78, 5) is 0. The predicted molar refractivity (Wildman–Crippen MR) is 73.6 cm³/mol. The lowest BCUT2D eigenvalue weighted by Gasteiger charge is -2.28. The summed E-state index contributed by atoms with van der Waals surface area (Å²) in [6.07, 6.45) is -5.15. The summed E-state index contributed by atoms with van der Waals surface area (Å²) in [5.41, 5.74) is -3.24. The number of ether oxygens (including phenoxy) is 2. The molecule has 0 aliphatic carbocycles. The third kappa shape index (κ3) is 4.27. The van der Waals surface area contributed by atoms with E-state index in [-0.39, 0.29) is 23.5 Å². The van der Waals surface area contributed by atoms with Gasteiger partial charge in [0.25, 0.3) is 0 Å². The normalized spacial score (nSPS) is 15.2. The Balaban J connectivity index is 3.27. The Labute approximate surface area is 122 Å². The molecule has 0 fully saturated rings. The first-order valence-electron chi connectivity index (χ1n) is 6.72. The molecule has 0 saturated carbocycles. The van der Waals surface area contributed by atoms with E-state index in [0.29, 0.717) is 12.7 Å². The van der Waals surface area contributed by atoms with Crippen LogP contribution in [0.1, 0.15) is 40.2 Å². The third-order valence-electron chi connectivity index (χ3n) is 2.78. The van der Waals surface area contributed by atoms with Gasteiger partial charge in [-0.05, 0) is 52.3 Å². The zero-order valence-electron chi connectivity index (χ0n) is 12.8. The summed E-state index contributed by atoms with van der Waals surface area (Å²) < 4.78 is 49.7.